The third kappa shape index (κ3) is 2.58. The number of carbonyl (C=O) groups excluding carboxylic acids is 1. The molecule has 0 atom stereocenters. The van der Waals surface area contributed by atoms with E-state index in [4.69, 9.17) is 0 Å². The highest BCUT2D eigenvalue weighted by molar-refractivity contribution is 6.51. The van der Waals surface area contributed by atoms with Gasteiger partial charge in [-0.25, -0.2) is 4.39 Å². The molecule has 1 aromatic rings. The van der Waals surface area contributed by atoms with Crippen LogP contribution < -0.4 is 10.8 Å². The summed E-state index contributed by atoms with van der Waals surface area (Å²) in [6, 6.07) is 4.67. The van der Waals surface area contributed by atoms with Crippen molar-refractivity contribution in [2.45, 2.75) is 13.7 Å². The molecule has 0 saturated heterocycles. The van der Waals surface area contributed by atoms with E-state index in [0.717, 1.165) is 5.46 Å². The van der Waals surface area contributed by atoms with E-state index in [1.54, 1.807) is 19.4 Å². The van der Waals surface area contributed by atoms with Crippen molar-refractivity contribution in [1.29, 1.82) is 0 Å². The van der Waals surface area contributed by atoms with Crippen LogP contribution in [0, 0.1) is 5.82 Å². The number of hydrogen-bond donors (Lipinski definition) is 1. The zero-order chi connectivity index (χ0) is 9.84. The van der Waals surface area contributed by atoms with E-state index in [9.17, 15) is 9.18 Å². The first-order valence-electron chi connectivity index (χ1n) is 4.00. The van der Waals surface area contributed by atoms with E-state index in [1.807, 2.05) is 6.82 Å². The smallest absolute Gasteiger partial charge is 0.221 e. The molecule has 1 radical (unpaired) electrons. The molecule has 0 unspecified atom stereocenters. The van der Waals surface area contributed by atoms with Gasteiger partial charge in [0.15, 0.2) is 0 Å². The fraction of sp³-hybridized carbons (Fsp3) is 0.222. The first kappa shape index (κ1) is 9.77. The molecule has 0 saturated carbocycles. The van der Waals surface area contributed by atoms with Gasteiger partial charge in [0.2, 0.25) is 5.91 Å². The van der Waals surface area contributed by atoms with Gasteiger partial charge in [0.25, 0.3) is 0 Å². The number of rotatable bonds is 2. The highest BCUT2D eigenvalue weighted by Crippen LogP contribution is 2.10. The molecule has 0 aromatic heterocycles. The minimum absolute atomic E-state index is 0.220. The fourth-order valence-electron chi connectivity index (χ4n) is 1.00. The SMILES string of the molecule is C[B]c1ccc(NC(C)=O)c(F)c1. The molecular formula is C9H10BFNO. The Morgan fingerprint density at radius 3 is 2.69 bits per heavy atom. The van der Waals surface area contributed by atoms with Crippen LogP contribution in [0.4, 0.5) is 10.1 Å². The molecule has 0 aliphatic heterocycles. The van der Waals surface area contributed by atoms with Crippen LogP contribution in [0.5, 0.6) is 0 Å². The van der Waals surface area contributed by atoms with Gasteiger partial charge in [-0.3, -0.25) is 4.79 Å². The zero-order valence-corrected chi connectivity index (χ0v) is 7.60. The van der Waals surface area contributed by atoms with E-state index < -0.39 is 5.82 Å². The van der Waals surface area contributed by atoms with Gasteiger partial charge in [0, 0.05) is 6.92 Å². The van der Waals surface area contributed by atoms with E-state index >= 15 is 0 Å². The second-order valence-corrected chi connectivity index (χ2v) is 2.71. The van der Waals surface area contributed by atoms with Crippen LogP contribution in [0.3, 0.4) is 0 Å². The van der Waals surface area contributed by atoms with Crippen LogP contribution in [0.2, 0.25) is 6.82 Å². The number of halogens is 1. The molecule has 0 spiro atoms. The molecule has 1 rings (SSSR count). The second kappa shape index (κ2) is 4.07. The molecule has 0 heterocycles. The molecule has 13 heavy (non-hydrogen) atoms. The number of hydrogen-bond acceptors (Lipinski definition) is 1. The van der Waals surface area contributed by atoms with Gasteiger partial charge >= 0.3 is 0 Å². The maximum Gasteiger partial charge on any atom is 0.221 e. The minimum Gasteiger partial charge on any atom is -0.324 e. The van der Waals surface area contributed by atoms with Crippen molar-refractivity contribution in [2.75, 3.05) is 5.32 Å². The summed E-state index contributed by atoms with van der Waals surface area (Å²) >= 11 is 0. The van der Waals surface area contributed by atoms with Crippen LogP contribution in [0.15, 0.2) is 18.2 Å². The summed E-state index contributed by atoms with van der Waals surface area (Å²) in [7, 11) is 1.79. The Bertz CT molecular complexity index is 327. The van der Waals surface area contributed by atoms with Crippen molar-refractivity contribution < 1.29 is 9.18 Å². The molecule has 4 heteroatoms. The standard InChI is InChI=1S/C9H10BFNO/c1-6(13)12-9-4-3-7(10-2)5-8(9)11/h3-5H,1-2H3,(H,12,13). The molecule has 1 amide bonds. The zero-order valence-electron chi connectivity index (χ0n) is 7.60. The van der Waals surface area contributed by atoms with E-state index in [0.29, 0.717) is 0 Å². The van der Waals surface area contributed by atoms with Crippen molar-refractivity contribution >= 4 is 24.3 Å². The Balaban J connectivity index is 2.91. The van der Waals surface area contributed by atoms with Gasteiger partial charge in [-0.05, 0) is 12.1 Å². The molecule has 0 fully saturated rings. The Morgan fingerprint density at radius 1 is 1.54 bits per heavy atom. The number of carbonyl (C=O) groups is 1. The summed E-state index contributed by atoms with van der Waals surface area (Å²) in [4.78, 5) is 10.6. The molecule has 67 valence electrons. The number of amides is 1. The Labute approximate surface area is 77.4 Å². The van der Waals surface area contributed by atoms with Crippen LogP contribution >= 0.6 is 0 Å². The Morgan fingerprint density at radius 2 is 2.23 bits per heavy atom. The molecule has 0 aliphatic rings. The van der Waals surface area contributed by atoms with Crippen molar-refractivity contribution in [1.82, 2.24) is 0 Å². The van der Waals surface area contributed by atoms with Crippen molar-refractivity contribution in [3.8, 4) is 0 Å². The van der Waals surface area contributed by atoms with Gasteiger partial charge in [-0.15, -0.1) is 0 Å². The summed E-state index contributed by atoms with van der Waals surface area (Å²) in [5.41, 5.74) is 1.02. The topological polar surface area (TPSA) is 29.1 Å². The summed E-state index contributed by atoms with van der Waals surface area (Å²) in [6.07, 6.45) is 0. The largest absolute Gasteiger partial charge is 0.324 e. The van der Waals surface area contributed by atoms with Gasteiger partial charge < -0.3 is 5.32 Å². The quantitative estimate of drug-likeness (QED) is 0.676. The second-order valence-electron chi connectivity index (χ2n) is 2.71. The van der Waals surface area contributed by atoms with Gasteiger partial charge in [-0.1, -0.05) is 18.4 Å². The van der Waals surface area contributed by atoms with Crippen LogP contribution in [-0.4, -0.2) is 13.2 Å². The van der Waals surface area contributed by atoms with Gasteiger partial charge in [0.05, 0.1) is 5.69 Å². The summed E-state index contributed by atoms with van der Waals surface area (Å²) < 4.78 is 13.2. The lowest BCUT2D eigenvalue weighted by atomic mass is 9.73. The van der Waals surface area contributed by atoms with Crippen molar-refractivity contribution in [3.05, 3.63) is 24.0 Å². The van der Waals surface area contributed by atoms with Crippen LogP contribution in [-0.2, 0) is 4.79 Å². The van der Waals surface area contributed by atoms with E-state index in [2.05, 4.69) is 5.32 Å². The maximum absolute atomic E-state index is 13.2. The highest BCUT2D eigenvalue weighted by atomic mass is 19.1. The lowest BCUT2D eigenvalue weighted by Crippen LogP contribution is -2.14. The molecule has 1 aromatic carbocycles. The average molecular weight is 178 g/mol. The van der Waals surface area contributed by atoms with Crippen LogP contribution in [0.25, 0.3) is 0 Å². The van der Waals surface area contributed by atoms with Crippen molar-refractivity contribution in [3.63, 3.8) is 0 Å². The molecule has 1 N–H and O–H groups in total. The maximum atomic E-state index is 13.2. The Hall–Kier alpha value is -1.32. The molecular weight excluding hydrogens is 168 g/mol. The molecule has 0 bridgehead atoms. The van der Waals surface area contributed by atoms with Gasteiger partial charge in [-0.2, -0.15) is 0 Å². The first-order chi connectivity index (χ1) is 6.13. The van der Waals surface area contributed by atoms with E-state index in [-0.39, 0.29) is 11.6 Å². The monoisotopic (exact) mass is 178 g/mol. The summed E-state index contributed by atoms with van der Waals surface area (Å²) in [5, 5.41) is 2.40. The third-order valence-corrected chi connectivity index (χ3v) is 1.64. The highest BCUT2D eigenvalue weighted by Gasteiger charge is 2.03. The number of nitrogens with one attached hydrogen (secondary N) is 1. The Kier molecular flexibility index (Phi) is 3.06. The lowest BCUT2D eigenvalue weighted by molar-refractivity contribution is -0.114. The predicted octanol–water partition coefficient (Wildman–Crippen LogP) is 1.16. The van der Waals surface area contributed by atoms with E-state index in [1.165, 1.54) is 13.0 Å². The molecule has 0 aliphatic carbocycles. The normalized spacial score (nSPS) is 9.46. The number of benzene rings is 1. The van der Waals surface area contributed by atoms with Gasteiger partial charge in [0.1, 0.15) is 13.1 Å². The minimum atomic E-state index is -0.411. The fourth-order valence-corrected chi connectivity index (χ4v) is 1.00. The number of anilines is 1. The predicted molar refractivity (Wildman–Crippen MR) is 52.0 cm³/mol. The lowest BCUT2D eigenvalue weighted by Gasteiger charge is -2.04. The van der Waals surface area contributed by atoms with Crippen molar-refractivity contribution in [2.24, 2.45) is 0 Å². The third-order valence-electron chi connectivity index (χ3n) is 1.64. The average Bonchev–Trinajstić information content (AvgIpc) is 2.08. The first-order valence-corrected chi connectivity index (χ1v) is 4.00. The molecule has 2 nitrogen and oxygen atoms in total. The van der Waals surface area contributed by atoms with Crippen LogP contribution in [0.1, 0.15) is 6.92 Å². The summed E-state index contributed by atoms with van der Waals surface area (Å²) in [5.74, 6) is -0.682. The summed E-state index contributed by atoms with van der Waals surface area (Å²) in [6.45, 7) is 3.17.